The molecule has 0 radical (unpaired) electrons. The summed E-state index contributed by atoms with van der Waals surface area (Å²) in [6, 6.07) is 13.0. The molecule has 3 rings (SSSR count). The van der Waals surface area contributed by atoms with Gasteiger partial charge in [-0.05, 0) is 42.8 Å². The maximum atomic E-state index is 12.3. The first-order valence-electron chi connectivity index (χ1n) is 8.38. The van der Waals surface area contributed by atoms with E-state index >= 15 is 0 Å². The predicted octanol–water partition coefficient (Wildman–Crippen LogP) is 3.39. The lowest BCUT2D eigenvalue weighted by Gasteiger charge is -2.29. The van der Waals surface area contributed by atoms with Crippen molar-refractivity contribution in [2.45, 2.75) is 20.3 Å². The molecular weight excluding hydrogens is 318 g/mol. The summed E-state index contributed by atoms with van der Waals surface area (Å²) in [5.41, 5.74) is 2.33. The molecule has 5 heteroatoms. The van der Waals surface area contributed by atoms with Gasteiger partial charge in [-0.3, -0.25) is 9.59 Å². The van der Waals surface area contributed by atoms with E-state index in [1.54, 1.807) is 23.1 Å². The van der Waals surface area contributed by atoms with Gasteiger partial charge in [-0.25, -0.2) is 0 Å². The number of rotatable bonds is 6. The highest BCUT2D eigenvalue weighted by molar-refractivity contribution is 6.01. The van der Waals surface area contributed by atoms with Crippen molar-refractivity contribution in [3.05, 3.63) is 53.6 Å². The summed E-state index contributed by atoms with van der Waals surface area (Å²) in [6.07, 6.45) is 0.421. The highest BCUT2D eigenvalue weighted by atomic mass is 16.5. The van der Waals surface area contributed by atoms with E-state index < -0.39 is 0 Å². The number of nitrogens with zero attached hydrogens (tertiary/aromatic N) is 1. The zero-order valence-corrected chi connectivity index (χ0v) is 14.5. The number of anilines is 1. The third-order valence-corrected chi connectivity index (χ3v) is 4.12. The highest BCUT2D eigenvalue weighted by Crippen LogP contribution is 2.33. The van der Waals surface area contributed by atoms with E-state index in [2.05, 4.69) is 0 Å². The van der Waals surface area contributed by atoms with E-state index in [0.717, 1.165) is 11.3 Å². The van der Waals surface area contributed by atoms with Crippen molar-refractivity contribution in [1.82, 2.24) is 0 Å². The number of carbonyl (C=O) groups excluding carboxylic acids is 2. The zero-order valence-electron chi connectivity index (χ0n) is 14.5. The van der Waals surface area contributed by atoms with Crippen LogP contribution in [0.1, 0.15) is 29.3 Å². The third kappa shape index (κ3) is 3.82. The number of benzene rings is 2. The smallest absolute Gasteiger partial charge is 0.265 e. The van der Waals surface area contributed by atoms with Crippen molar-refractivity contribution < 1.29 is 19.1 Å². The van der Waals surface area contributed by atoms with Crippen molar-refractivity contribution in [2.75, 3.05) is 24.7 Å². The highest BCUT2D eigenvalue weighted by Gasteiger charge is 2.26. The van der Waals surface area contributed by atoms with Crippen LogP contribution < -0.4 is 14.4 Å². The fourth-order valence-electron chi connectivity index (χ4n) is 2.78. The Kier molecular flexibility index (Phi) is 5.03. The summed E-state index contributed by atoms with van der Waals surface area (Å²) < 4.78 is 11.2. The second kappa shape index (κ2) is 7.38. The molecule has 0 saturated heterocycles. The molecule has 1 aliphatic heterocycles. The van der Waals surface area contributed by atoms with Gasteiger partial charge in [0.1, 0.15) is 18.1 Å². The van der Waals surface area contributed by atoms with Gasteiger partial charge in [-0.15, -0.1) is 0 Å². The number of hydrogen-bond acceptors (Lipinski definition) is 4. The normalized spacial score (nSPS) is 13.2. The molecule has 0 aliphatic carbocycles. The molecule has 2 aromatic rings. The first-order valence-corrected chi connectivity index (χ1v) is 8.38. The molecule has 0 spiro atoms. The van der Waals surface area contributed by atoms with E-state index in [0.29, 0.717) is 36.6 Å². The number of amides is 1. The molecule has 1 aliphatic rings. The summed E-state index contributed by atoms with van der Waals surface area (Å²) in [5.74, 6) is 1.29. The maximum Gasteiger partial charge on any atom is 0.265 e. The second-order valence-corrected chi connectivity index (χ2v) is 5.96. The van der Waals surface area contributed by atoms with Crippen LogP contribution in [0.3, 0.4) is 0 Å². The molecule has 5 nitrogen and oxygen atoms in total. The molecule has 0 fully saturated rings. The molecule has 130 valence electrons. The second-order valence-electron chi connectivity index (χ2n) is 5.96. The average Bonchev–Trinajstić information content (AvgIpc) is 2.62. The van der Waals surface area contributed by atoms with Crippen molar-refractivity contribution in [1.29, 1.82) is 0 Å². The van der Waals surface area contributed by atoms with Crippen molar-refractivity contribution in [3.8, 4) is 11.5 Å². The van der Waals surface area contributed by atoms with Gasteiger partial charge in [-0.2, -0.15) is 0 Å². The lowest BCUT2D eigenvalue weighted by molar-refractivity contribution is -0.121. The summed E-state index contributed by atoms with van der Waals surface area (Å²) in [7, 11) is 0. The molecule has 0 unspecified atom stereocenters. The minimum absolute atomic E-state index is 0.00147. The van der Waals surface area contributed by atoms with Gasteiger partial charge in [0.05, 0.1) is 12.2 Å². The molecule has 2 aromatic carbocycles. The Morgan fingerprint density at radius 3 is 2.84 bits per heavy atom. The number of fused-ring (bicyclic) bond motifs is 1. The van der Waals surface area contributed by atoms with E-state index in [1.807, 2.05) is 38.1 Å². The Hall–Kier alpha value is -2.82. The number of hydrogen-bond donors (Lipinski definition) is 0. The Morgan fingerprint density at radius 2 is 2.08 bits per heavy atom. The first-order chi connectivity index (χ1) is 12.1. The average molecular weight is 339 g/mol. The van der Waals surface area contributed by atoms with Crippen LogP contribution in [0, 0.1) is 6.92 Å². The fraction of sp³-hybridized carbons (Fsp3) is 0.300. The van der Waals surface area contributed by atoms with Gasteiger partial charge < -0.3 is 14.4 Å². The van der Waals surface area contributed by atoms with Crippen LogP contribution in [0.4, 0.5) is 5.69 Å². The van der Waals surface area contributed by atoms with E-state index in [4.69, 9.17) is 9.47 Å². The predicted molar refractivity (Wildman–Crippen MR) is 95.6 cm³/mol. The van der Waals surface area contributed by atoms with E-state index in [1.165, 1.54) is 0 Å². The Balaban J connectivity index is 1.75. The van der Waals surface area contributed by atoms with Gasteiger partial charge >= 0.3 is 0 Å². The van der Waals surface area contributed by atoms with Crippen molar-refractivity contribution in [3.63, 3.8) is 0 Å². The van der Waals surface area contributed by atoms with Crippen LogP contribution >= 0.6 is 0 Å². The quantitative estimate of drug-likeness (QED) is 0.757. The molecule has 0 atom stereocenters. The summed E-state index contributed by atoms with van der Waals surface area (Å²) in [6.45, 7) is 4.57. The molecule has 0 aromatic heterocycles. The Bertz CT molecular complexity index is 800. The lowest BCUT2D eigenvalue weighted by Crippen LogP contribution is -2.41. The molecule has 0 saturated carbocycles. The minimum Gasteiger partial charge on any atom is -0.492 e. The van der Waals surface area contributed by atoms with E-state index in [9.17, 15) is 9.59 Å². The van der Waals surface area contributed by atoms with Crippen LogP contribution in [-0.2, 0) is 4.79 Å². The van der Waals surface area contributed by atoms with E-state index in [-0.39, 0.29) is 18.3 Å². The van der Waals surface area contributed by atoms with Crippen molar-refractivity contribution in [2.24, 2.45) is 0 Å². The van der Waals surface area contributed by atoms with Gasteiger partial charge in [-0.1, -0.05) is 19.1 Å². The fourth-order valence-corrected chi connectivity index (χ4v) is 2.78. The lowest BCUT2D eigenvalue weighted by atomic mass is 10.1. The SMILES string of the molecule is CCC(=O)c1ccc2c(c1)N(CCOc1cccc(C)c1)C(=O)CO2. The Morgan fingerprint density at radius 1 is 1.24 bits per heavy atom. The van der Waals surface area contributed by atoms with Crippen molar-refractivity contribution >= 4 is 17.4 Å². The molecule has 1 amide bonds. The number of Topliss-reactive ketones (excluding diaryl/α,β-unsaturated/α-hetero) is 1. The Labute approximate surface area is 147 Å². The molecule has 1 heterocycles. The summed E-state index contributed by atoms with van der Waals surface area (Å²) >= 11 is 0. The minimum atomic E-state index is -0.138. The summed E-state index contributed by atoms with van der Waals surface area (Å²) in [4.78, 5) is 25.8. The van der Waals surface area contributed by atoms with Gasteiger partial charge in [0, 0.05) is 12.0 Å². The standard InChI is InChI=1S/C20H21NO4/c1-3-18(22)15-7-8-19-17(12-15)21(20(23)13-25-19)9-10-24-16-6-4-5-14(2)11-16/h4-8,11-12H,3,9-10,13H2,1-2H3. The molecule has 25 heavy (non-hydrogen) atoms. The van der Waals surface area contributed by atoms with Crippen LogP contribution in [0.25, 0.3) is 0 Å². The molecular formula is C20H21NO4. The van der Waals surface area contributed by atoms with Crippen LogP contribution in [-0.4, -0.2) is 31.4 Å². The molecule has 0 bridgehead atoms. The summed E-state index contributed by atoms with van der Waals surface area (Å²) in [5, 5.41) is 0. The van der Waals surface area contributed by atoms with Gasteiger partial charge in [0.15, 0.2) is 12.4 Å². The van der Waals surface area contributed by atoms with Gasteiger partial charge in [0.25, 0.3) is 5.91 Å². The maximum absolute atomic E-state index is 12.3. The van der Waals surface area contributed by atoms with Crippen LogP contribution in [0.15, 0.2) is 42.5 Å². The largest absolute Gasteiger partial charge is 0.492 e. The van der Waals surface area contributed by atoms with Crippen LogP contribution in [0.5, 0.6) is 11.5 Å². The number of carbonyl (C=O) groups is 2. The number of aryl methyl sites for hydroxylation is 1. The van der Waals surface area contributed by atoms with Crippen LogP contribution in [0.2, 0.25) is 0 Å². The monoisotopic (exact) mass is 339 g/mol. The number of ketones is 1. The third-order valence-electron chi connectivity index (χ3n) is 4.12. The zero-order chi connectivity index (χ0) is 17.8. The topological polar surface area (TPSA) is 55.8 Å². The first kappa shape index (κ1) is 17.0. The van der Waals surface area contributed by atoms with Gasteiger partial charge in [0.2, 0.25) is 0 Å². The number of ether oxygens (including phenoxy) is 2. The molecule has 0 N–H and O–H groups in total.